The molecule has 0 N–H and O–H groups in total. The van der Waals surface area contributed by atoms with Crippen molar-refractivity contribution in [1.29, 1.82) is 0 Å². The number of amides is 1. The Hall–Kier alpha value is -1.36. The van der Waals surface area contributed by atoms with Gasteiger partial charge in [-0.1, -0.05) is 25.6 Å². The summed E-state index contributed by atoms with van der Waals surface area (Å²) in [7, 11) is 0. The number of aromatic nitrogens is 1. The fraction of sp³-hybridized carbons (Fsp3) is 0.562. The zero-order valence-electron chi connectivity index (χ0n) is 12.8. The van der Waals surface area contributed by atoms with Crippen LogP contribution in [0.25, 0.3) is 0 Å². The molecule has 1 saturated heterocycles. The Kier molecular flexibility index (Phi) is 5.39. The van der Waals surface area contributed by atoms with E-state index in [1.165, 1.54) is 11.8 Å². The molecule has 5 heteroatoms. The topological polar surface area (TPSA) is 50.3 Å². The van der Waals surface area contributed by atoms with Gasteiger partial charge in [0.25, 0.3) is 0 Å². The van der Waals surface area contributed by atoms with Crippen molar-refractivity contribution in [2.45, 2.75) is 33.2 Å². The van der Waals surface area contributed by atoms with Crippen molar-refractivity contribution in [3.63, 3.8) is 0 Å². The minimum atomic E-state index is 0.0906. The Labute approximate surface area is 130 Å². The average molecular weight is 306 g/mol. The molecule has 2 heterocycles. The summed E-state index contributed by atoms with van der Waals surface area (Å²) in [6.45, 7) is 6.59. The number of carbonyl (C=O) groups excluding carboxylic acids is 2. The molecule has 2 unspecified atom stereocenters. The Bertz CT molecular complexity index is 504. The molecule has 0 radical (unpaired) electrons. The minimum absolute atomic E-state index is 0.0906. The van der Waals surface area contributed by atoms with E-state index in [0.717, 1.165) is 17.9 Å². The summed E-state index contributed by atoms with van der Waals surface area (Å²) < 4.78 is 0. The van der Waals surface area contributed by atoms with Gasteiger partial charge in [0.15, 0.2) is 5.12 Å². The van der Waals surface area contributed by atoms with Gasteiger partial charge in [0, 0.05) is 38.0 Å². The zero-order chi connectivity index (χ0) is 15.4. The standard InChI is InChI=1S/C16H22N2O2S/c1-11(2)16(14-4-6-17-7-5-14)18-9-13(8-15(18)20)10-21-12(3)19/h4-7,11,13,16H,8-10H2,1-3H3. The third kappa shape index (κ3) is 4.06. The number of pyridine rings is 1. The maximum absolute atomic E-state index is 12.4. The lowest BCUT2D eigenvalue weighted by Crippen LogP contribution is -2.33. The van der Waals surface area contributed by atoms with E-state index >= 15 is 0 Å². The van der Waals surface area contributed by atoms with E-state index in [1.807, 2.05) is 17.0 Å². The number of carbonyl (C=O) groups is 2. The van der Waals surface area contributed by atoms with Gasteiger partial charge in [0.1, 0.15) is 0 Å². The molecule has 1 aliphatic rings. The van der Waals surface area contributed by atoms with Gasteiger partial charge in [0.05, 0.1) is 6.04 Å². The molecule has 21 heavy (non-hydrogen) atoms. The summed E-state index contributed by atoms with van der Waals surface area (Å²) in [6, 6.07) is 4.05. The van der Waals surface area contributed by atoms with Crippen LogP contribution < -0.4 is 0 Å². The lowest BCUT2D eigenvalue weighted by Gasteiger charge is -2.31. The number of hydrogen-bond acceptors (Lipinski definition) is 4. The van der Waals surface area contributed by atoms with E-state index in [9.17, 15) is 9.59 Å². The second-order valence-corrected chi connectivity index (χ2v) is 7.09. The number of nitrogens with zero attached hydrogens (tertiary/aromatic N) is 2. The van der Waals surface area contributed by atoms with E-state index < -0.39 is 0 Å². The molecule has 4 nitrogen and oxygen atoms in total. The molecule has 1 amide bonds. The van der Waals surface area contributed by atoms with Crippen LogP contribution in [0.5, 0.6) is 0 Å². The number of rotatable bonds is 5. The maximum atomic E-state index is 12.4. The molecular weight excluding hydrogens is 284 g/mol. The minimum Gasteiger partial charge on any atom is -0.335 e. The summed E-state index contributed by atoms with van der Waals surface area (Å²) in [5, 5.41) is 0.121. The van der Waals surface area contributed by atoms with Crippen LogP contribution in [0.2, 0.25) is 0 Å². The summed E-state index contributed by atoms with van der Waals surface area (Å²) in [4.78, 5) is 29.5. The van der Waals surface area contributed by atoms with Gasteiger partial charge in [0.2, 0.25) is 5.91 Å². The van der Waals surface area contributed by atoms with Crippen molar-refractivity contribution in [3.05, 3.63) is 30.1 Å². The Morgan fingerprint density at radius 3 is 2.67 bits per heavy atom. The Morgan fingerprint density at radius 2 is 2.10 bits per heavy atom. The molecule has 0 saturated carbocycles. The molecular formula is C16H22N2O2S. The molecule has 0 bridgehead atoms. The van der Waals surface area contributed by atoms with Crippen LogP contribution in [0.1, 0.15) is 38.8 Å². The molecule has 2 rings (SSSR count). The van der Waals surface area contributed by atoms with Gasteiger partial charge in [-0.05, 0) is 29.5 Å². The van der Waals surface area contributed by atoms with Crippen molar-refractivity contribution in [1.82, 2.24) is 9.88 Å². The van der Waals surface area contributed by atoms with Gasteiger partial charge >= 0.3 is 0 Å². The van der Waals surface area contributed by atoms with Crippen molar-refractivity contribution in [3.8, 4) is 0 Å². The SMILES string of the molecule is CC(=O)SCC1CC(=O)N(C(c2ccncc2)C(C)C)C1. The molecule has 1 aromatic rings. The first-order chi connectivity index (χ1) is 9.99. The highest BCUT2D eigenvalue weighted by Crippen LogP contribution is 2.34. The van der Waals surface area contributed by atoms with Crippen molar-refractivity contribution in [2.75, 3.05) is 12.3 Å². The molecule has 0 aromatic carbocycles. The quantitative estimate of drug-likeness (QED) is 0.839. The average Bonchev–Trinajstić information content (AvgIpc) is 2.79. The van der Waals surface area contributed by atoms with Crippen molar-refractivity contribution in [2.24, 2.45) is 11.8 Å². The van der Waals surface area contributed by atoms with Gasteiger partial charge in [-0.2, -0.15) is 0 Å². The Morgan fingerprint density at radius 1 is 1.43 bits per heavy atom. The normalized spacial score (nSPS) is 20.1. The zero-order valence-corrected chi connectivity index (χ0v) is 13.6. The van der Waals surface area contributed by atoms with Crippen LogP contribution in [-0.4, -0.2) is 33.2 Å². The summed E-state index contributed by atoms with van der Waals surface area (Å²) in [5.74, 6) is 1.54. The van der Waals surface area contributed by atoms with E-state index in [1.54, 1.807) is 19.3 Å². The number of thioether (sulfide) groups is 1. The fourth-order valence-electron chi connectivity index (χ4n) is 2.91. The molecule has 1 fully saturated rings. The first-order valence-corrected chi connectivity index (χ1v) is 8.30. The maximum Gasteiger partial charge on any atom is 0.223 e. The smallest absolute Gasteiger partial charge is 0.223 e. The summed E-state index contributed by atoms with van der Waals surface area (Å²) in [5.41, 5.74) is 1.13. The first-order valence-electron chi connectivity index (χ1n) is 7.31. The van der Waals surface area contributed by atoms with E-state index in [-0.39, 0.29) is 23.0 Å². The first kappa shape index (κ1) is 16.0. The van der Waals surface area contributed by atoms with Crippen LogP contribution >= 0.6 is 11.8 Å². The van der Waals surface area contributed by atoms with Gasteiger partial charge in [-0.3, -0.25) is 14.6 Å². The van der Waals surface area contributed by atoms with Gasteiger partial charge < -0.3 is 4.90 Å². The summed E-state index contributed by atoms with van der Waals surface area (Å²) >= 11 is 1.32. The number of hydrogen-bond donors (Lipinski definition) is 0. The van der Waals surface area contributed by atoms with Crippen LogP contribution in [0.3, 0.4) is 0 Å². The third-order valence-electron chi connectivity index (χ3n) is 3.78. The highest BCUT2D eigenvalue weighted by Gasteiger charge is 2.36. The molecule has 0 spiro atoms. The second kappa shape index (κ2) is 7.07. The van der Waals surface area contributed by atoms with E-state index in [4.69, 9.17) is 0 Å². The number of likely N-dealkylation sites (tertiary alicyclic amines) is 1. The monoisotopic (exact) mass is 306 g/mol. The molecule has 2 atom stereocenters. The van der Waals surface area contributed by atoms with Crippen molar-refractivity contribution >= 4 is 22.8 Å². The van der Waals surface area contributed by atoms with E-state index in [2.05, 4.69) is 18.8 Å². The predicted molar refractivity (Wildman–Crippen MR) is 84.8 cm³/mol. The lowest BCUT2D eigenvalue weighted by atomic mass is 9.95. The van der Waals surface area contributed by atoms with Crippen molar-refractivity contribution < 1.29 is 9.59 Å². The fourth-order valence-corrected chi connectivity index (χ4v) is 3.60. The Balaban J connectivity index is 2.11. The molecule has 0 aliphatic carbocycles. The van der Waals surface area contributed by atoms with E-state index in [0.29, 0.717) is 12.3 Å². The third-order valence-corrected chi connectivity index (χ3v) is 4.82. The van der Waals surface area contributed by atoms with Crippen LogP contribution in [0.15, 0.2) is 24.5 Å². The highest BCUT2D eigenvalue weighted by atomic mass is 32.2. The predicted octanol–water partition coefficient (Wildman–Crippen LogP) is 2.91. The second-order valence-electron chi connectivity index (χ2n) is 5.89. The highest BCUT2D eigenvalue weighted by molar-refractivity contribution is 8.13. The molecule has 1 aliphatic heterocycles. The lowest BCUT2D eigenvalue weighted by molar-refractivity contribution is -0.130. The van der Waals surface area contributed by atoms with Gasteiger partial charge in [-0.25, -0.2) is 0 Å². The molecule has 1 aromatic heterocycles. The molecule has 114 valence electrons. The van der Waals surface area contributed by atoms with Crippen LogP contribution in [0.4, 0.5) is 0 Å². The largest absolute Gasteiger partial charge is 0.335 e. The van der Waals surface area contributed by atoms with Crippen LogP contribution in [0, 0.1) is 11.8 Å². The van der Waals surface area contributed by atoms with Crippen LogP contribution in [-0.2, 0) is 9.59 Å². The van der Waals surface area contributed by atoms with Gasteiger partial charge in [-0.15, -0.1) is 0 Å². The summed E-state index contributed by atoms with van der Waals surface area (Å²) in [6.07, 6.45) is 4.09.